The zero-order valence-corrected chi connectivity index (χ0v) is 22.8. The molecule has 4 aromatic rings. The lowest BCUT2D eigenvalue weighted by atomic mass is 10.1. The van der Waals surface area contributed by atoms with Crippen LogP contribution in [0, 0.1) is 0 Å². The van der Waals surface area contributed by atoms with Crippen molar-refractivity contribution in [2.75, 3.05) is 45.3 Å². The van der Waals surface area contributed by atoms with E-state index in [0.717, 1.165) is 49.4 Å². The summed E-state index contributed by atoms with van der Waals surface area (Å²) < 4.78 is 11.4. The van der Waals surface area contributed by atoms with Gasteiger partial charge in [-0.05, 0) is 42.4 Å². The van der Waals surface area contributed by atoms with Crippen LogP contribution in [0.3, 0.4) is 0 Å². The summed E-state index contributed by atoms with van der Waals surface area (Å²) in [5.41, 5.74) is 11.6. The van der Waals surface area contributed by atoms with Gasteiger partial charge in [0.1, 0.15) is 0 Å². The summed E-state index contributed by atoms with van der Waals surface area (Å²) in [4.78, 5) is 17.6. The zero-order valence-electron chi connectivity index (χ0n) is 22.8. The molecule has 0 amide bonds. The Morgan fingerprint density at radius 2 is 1.75 bits per heavy atom. The number of rotatable bonds is 9. The van der Waals surface area contributed by atoms with Gasteiger partial charge < -0.3 is 20.1 Å². The molecule has 0 bridgehead atoms. The summed E-state index contributed by atoms with van der Waals surface area (Å²) in [7, 11) is 3.73. The van der Waals surface area contributed by atoms with Crippen molar-refractivity contribution in [1.29, 1.82) is 0 Å². The van der Waals surface area contributed by atoms with Crippen molar-refractivity contribution in [2.45, 2.75) is 6.54 Å². The molecular formula is C30H34N8O2. The second-order valence-electron chi connectivity index (χ2n) is 9.70. The first-order chi connectivity index (χ1) is 19.5. The molecule has 0 radical (unpaired) electrons. The second kappa shape index (κ2) is 12.6. The molecule has 10 nitrogen and oxygen atoms in total. The topological polar surface area (TPSA) is 119 Å². The van der Waals surface area contributed by atoms with Crippen LogP contribution in [0.5, 0.6) is 17.5 Å². The predicted octanol–water partition coefficient (Wildman–Crippen LogP) is 3.72. The van der Waals surface area contributed by atoms with E-state index in [9.17, 15) is 0 Å². The average Bonchev–Trinajstić information content (AvgIpc) is 2.99. The van der Waals surface area contributed by atoms with E-state index in [4.69, 9.17) is 21.1 Å². The summed E-state index contributed by atoms with van der Waals surface area (Å²) in [5.74, 6) is 7.34. The van der Waals surface area contributed by atoms with Crippen LogP contribution in [0.1, 0.15) is 11.1 Å². The fourth-order valence-corrected chi connectivity index (χ4v) is 4.47. The molecule has 0 aliphatic carbocycles. The molecule has 1 aliphatic rings. The lowest BCUT2D eigenvalue weighted by Gasteiger charge is -2.32. The van der Waals surface area contributed by atoms with Gasteiger partial charge in [0.25, 0.3) is 0 Å². The molecule has 0 spiro atoms. The van der Waals surface area contributed by atoms with Gasteiger partial charge in [0, 0.05) is 80.9 Å². The Morgan fingerprint density at radius 1 is 0.950 bits per heavy atom. The van der Waals surface area contributed by atoms with Gasteiger partial charge in [0.2, 0.25) is 0 Å². The van der Waals surface area contributed by atoms with Crippen molar-refractivity contribution in [3.05, 3.63) is 96.7 Å². The smallest absolute Gasteiger partial charge is 0.322 e. The third-order valence-electron chi connectivity index (χ3n) is 6.81. The van der Waals surface area contributed by atoms with Gasteiger partial charge in [-0.15, -0.1) is 0 Å². The first kappa shape index (κ1) is 27.1. The fourth-order valence-electron chi connectivity index (χ4n) is 4.47. The van der Waals surface area contributed by atoms with E-state index in [-0.39, 0.29) is 6.01 Å². The molecule has 2 aromatic carbocycles. The van der Waals surface area contributed by atoms with Crippen LogP contribution < -0.4 is 26.1 Å². The minimum Gasteiger partial charge on any atom is -0.493 e. The molecule has 0 unspecified atom stereocenters. The number of likely N-dealkylation sites (N-methyl/N-ethyl adjacent to an activating group) is 1. The number of nitrogens with zero attached hydrogens (tertiary/aromatic N) is 6. The van der Waals surface area contributed by atoms with E-state index in [1.165, 1.54) is 10.6 Å². The monoisotopic (exact) mass is 538 g/mol. The zero-order chi connectivity index (χ0) is 27.9. The van der Waals surface area contributed by atoms with Crippen molar-refractivity contribution < 1.29 is 9.47 Å². The van der Waals surface area contributed by atoms with Gasteiger partial charge in [-0.3, -0.25) is 14.9 Å². The Kier molecular flexibility index (Phi) is 8.50. The molecule has 0 saturated carbocycles. The highest BCUT2D eigenvalue weighted by Gasteiger charge is 2.15. The Hall–Kier alpha value is -4.51. The van der Waals surface area contributed by atoms with Gasteiger partial charge in [-0.25, -0.2) is 15.8 Å². The Morgan fingerprint density at radius 3 is 2.48 bits per heavy atom. The molecule has 1 fully saturated rings. The molecule has 206 valence electrons. The SMILES string of the molecule is COc1ccc(N(N)/C=C(\N)c2cccc(CN3CCN(C)CC3)c2)cc1Oc1ncc(-c2cccnc2)cn1. The van der Waals surface area contributed by atoms with E-state index < -0.39 is 0 Å². The van der Waals surface area contributed by atoms with Gasteiger partial charge >= 0.3 is 6.01 Å². The summed E-state index contributed by atoms with van der Waals surface area (Å²) in [6.07, 6.45) is 8.54. The largest absolute Gasteiger partial charge is 0.493 e. The van der Waals surface area contributed by atoms with Crippen LogP contribution in [0.25, 0.3) is 16.8 Å². The Labute approximate surface area is 234 Å². The normalized spacial score (nSPS) is 14.6. The summed E-state index contributed by atoms with van der Waals surface area (Å²) in [6, 6.07) is 17.6. The molecule has 40 heavy (non-hydrogen) atoms. The van der Waals surface area contributed by atoms with Crippen molar-refractivity contribution in [1.82, 2.24) is 24.8 Å². The number of nitrogens with two attached hydrogens (primary N) is 2. The first-order valence-electron chi connectivity index (χ1n) is 13.1. The first-order valence-corrected chi connectivity index (χ1v) is 13.1. The highest BCUT2D eigenvalue weighted by molar-refractivity contribution is 5.68. The van der Waals surface area contributed by atoms with E-state index in [1.807, 2.05) is 30.3 Å². The van der Waals surface area contributed by atoms with Crippen LogP contribution in [-0.2, 0) is 6.54 Å². The average molecular weight is 539 g/mol. The predicted molar refractivity (Wildman–Crippen MR) is 156 cm³/mol. The highest BCUT2D eigenvalue weighted by atomic mass is 16.5. The van der Waals surface area contributed by atoms with Crippen LogP contribution in [0.15, 0.2) is 85.6 Å². The third-order valence-corrected chi connectivity index (χ3v) is 6.81. The number of anilines is 1. The molecule has 3 heterocycles. The lowest BCUT2D eigenvalue weighted by Crippen LogP contribution is -2.43. The number of ether oxygens (including phenoxy) is 2. The Bertz CT molecular complexity index is 1440. The quantitative estimate of drug-likeness (QED) is 0.241. The lowest BCUT2D eigenvalue weighted by molar-refractivity contribution is 0.148. The summed E-state index contributed by atoms with van der Waals surface area (Å²) in [5, 5.41) is 1.46. The highest BCUT2D eigenvalue weighted by Crippen LogP contribution is 2.34. The van der Waals surface area contributed by atoms with E-state index in [2.05, 4.69) is 43.9 Å². The standard InChI is InChI=1S/C30H34N8O2/c1-36-11-13-37(14-12-36)20-22-5-3-6-23(15-22)27(31)21-38(32)26-8-9-28(39-2)29(16-26)40-30-34-18-25(19-35-30)24-7-4-10-33-17-24/h3-10,15-19,21H,11-14,20,31-32H2,1-2H3/b27-21-. The molecule has 4 N–H and O–H groups in total. The van der Waals surface area contributed by atoms with E-state index >= 15 is 0 Å². The number of piperazine rings is 1. The van der Waals surface area contributed by atoms with Crippen molar-refractivity contribution >= 4 is 11.4 Å². The van der Waals surface area contributed by atoms with Gasteiger partial charge in [-0.1, -0.05) is 24.3 Å². The fraction of sp³-hybridized carbons (Fsp3) is 0.233. The second-order valence-corrected chi connectivity index (χ2v) is 9.70. The maximum Gasteiger partial charge on any atom is 0.322 e. The van der Waals surface area contributed by atoms with Gasteiger partial charge in [-0.2, -0.15) is 0 Å². The van der Waals surface area contributed by atoms with Gasteiger partial charge in [0.05, 0.1) is 18.5 Å². The van der Waals surface area contributed by atoms with E-state index in [0.29, 0.717) is 22.9 Å². The number of benzene rings is 2. The number of hydrogen-bond donors (Lipinski definition) is 2. The molecule has 2 aromatic heterocycles. The maximum absolute atomic E-state index is 6.47. The van der Waals surface area contributed by atoms with Crippen molar-refractivity contribution in [2.24, 2.45) is 11.6 Å². The minimum atomic E-state index is 0.180. The van der Waals surface area contributed by atoms with Crippen molar-refractivity contribution in [3.8, 4) is 28.6 Å². The van der Waals surface area contributed by atoms with Crippen LogP contribution in [0.2, 0.25) is 0 Å². The number of pyridine rings is 1. The Balaban J connectivity index is 1.29. The van der Waals surface area contributed by atoms with Crippen LogP contribution in [0.4, 0.5) is 5.69 Å². The molecular weight excluding hydrogens is 504 g/mol. The summed E-state index contributed by atoms with van der Waals surface area (Å²) >= 11 is 0. The molecule has 10 heteroatoms. The number of aromatic nitrogens is 3. The summed E-state index contributed by atoms with van der Waals surface area (Å²) in [6.45, 7) is 5.18. The minimum absolute atomic E-state index is 0.180. The van der Waals surface area contributed by atoms with Crippen LogP contribution >= 0.6 is 0 Å². The number of methoxy groups -OCH3 is 1. The third kappa shape index (κ3) is 6.73. The molecule has 1 aliphatic heterocycles. The van der Waals surface area contributed by atoms with E-state index in [1.54, 1.807) is 50.2 Å². The molecule has 5 rings (SSSR count). The number of hydrazine groups is 1. The maximum atomic E-state index is 6.47. The van der Waals surface area contributed by atoms with Crippen molar-refractivity contribution in [3.63, 3.8) is 0 Å². The number of hydrogen-bond acceptors (Lipinski definition) is 10. The molecule has 0 atom stereocenters. The van der Waals surface area contributed by atoms with Gasteiger partial charge in [0.15, 0.2) is 11.5 Å². The molecule has 1 saturated heterocycles. The van der Waals surface area contributed by atoms with Crippen LogP contribution in [-0.4, -0.2) is 65.1 Å².